The second-order valence-electron chi connectivity index (χ2n) is 7.47. The minimum Gasteiger partial charge on any atom is -0.387 e. The lowest BCUT2D eigenvalue weighted by molar-refractivity contribution is -0.131. The Kier molecular flexibility index (Phi) is 26.3. The average Bonchev–Trinajstić information content (AvgIpc) is 2.87. The summed E-state index contributed by atoms with van der Waals surface area (Å²) in [6, 6.07) is 0. The van der Waals surface area contributed by atoms with E-state index >= 15 is 0 Å². The molecular weight excluding hydrogens is 478 g/mol. The smallest absolute Gasteiger partial charge is 0.246 e. The summed E-state index contributed by atoms with van der Waals surface area (Å²) < 4.78 is 31.8. The fraction of sp³-hybridized carbons (Fsp3) is 0.870. The molecule has 0 aromatic rings. The average molecular weight is 524 g/mol. The highest BCUT2D eigenvalue weighted by Crippen LogP contribution is 1.91. The Bertz CT molecular complexity index is 540. The van der Waals surface area contributed by atoms with E-state index < -0.39 is 12.5 Å². The first-order valence-electron chi connectivity index (χ1n) is 12.5. The number of aliphatic hydroxyl groups is 1. The quantitative estimate of drug-likeness (QED) is 0.0944. The van der Waals surface area contributed by atoms with Gasteiger partial charge >= 0.3 is 0 Å². The van der Waals surface area contributed by atoms with E-state index in [1.54, 1.807) is 0 Å². The van der Waals surface area contributed by atoms with Crippen molar-refractivity contribution in [2.45, 2.75) is 26.2 Å². The highest BCUT2D eigenvalue weighted by Gasteiger charge is 2.04. The Hall–Kier alpha value is -1.87. The van der Waals surface area contributed by atoms with Gasteiger partial charge in [-0.2, -0.15) is 0 Å². The first-order valence-corrected chi connectivity index (χ1v) is 12.5. The molecule has 4 N–H and O–H groups in total. The fourth-order valence-corrected chi connectivity index (χ4v) is 2.50. The third-order valence-electron chi connectivity index (χ3n) is 4.34. The molecule has 0 aliphatic heterocycles. The Morgan fingerprint density at radius 2 is 0.917 bits per heavy atom. The van der Waals surface area contributed by atoms with Gasteiger partial charge in [0.05, 0.1) is 66.1 Å². The van der Waals surface area contributed by atoms with Gasteiger partial charge in [0.25, 0.3) is 0 Å². The number of carbonyl (C=O) groups is 3. The van der Waals surface area contributed by atoms with Crippen molar-refractivity contribution in [2.75, 3.05) is 106 Å². The van der Waals surface area contributed by atoms with Crippen molar-refractivity contribution in [3.63, 3.8) is 0 Å². The van der Waals surface area contributed by atoms with Gasteiger partial charge in [-0.05, 0) is 6.42 Å². The summed E-state index contributed by atoms with van der Waals surface area (Å²) >= 11 is 0. The maximum Gasteiger partial charge on any atom is 0.246 e. The third kappa shape index (κ3) is 26.7. The number of nitrogens with one attached hydrogen (secondary N) is 3. The molecule has 0 atom stereocenters. The van der Waals surface area contributed by atoms with E-state index in [0.29, 0.717) is 85.7 Å². The molecule has 0 spiro atoms. The van der Waals surface area contributed by atoms with E-state index in [2.05, 4.69) is 22.9 Å². The van der Waals surface area contributed by atoms with Crippen LogP contribution in [0.15, 0.2) is 0 Å². The Morgan fingerprint density at radius 3 is 1.33 bits per heavy atom. The van der Waals surface area contributed by atoms with Gasteiger partial charge in [0, 0.05) is 19.6 Å². The zero-order valence-corrected chi connectivity index (χ0v) is 21.6. The standard InChI is InChI=1S/C23H45N3O10/c1-2-3-4-5-24-22(29)19-36-20-23(30)26-7-9-32-11-13-34-15-17-35-16-14-33-12-10-31-8-6-25-21(28)18-27/h27H,2-20H2,1H3,(H,24,29)(H,25,28)(H,26,30). The molecule has 0 aromatic heterocycles. The molecule has 36 heavy (non-hydrogen) atoms. The molecule has 0 saturated carbocycles. The van der Waals surface area contributed by atoms with Crippen LogP contribution < -0.4 is 16.0 Å². The molecule has 0 aliphatic rings. The largest absolute Gasteiger partial charge is 0.387 e. The van der Waals surface area contributed by atoms with Crippen LogP contribution in [0.3, 0.4) is 0 Å². The highest BCUT2D eigenvalue weighted by atomic mass is 16.6. The number of unbranched alkanes of at least 4 members (excludes halogenated alkanes) is 2. The molecule has 3 amide bonds. The summed E-state index contributed by atoms with van der Waals surface area (Å²) in [5, 5.41) is 16.4. The Balaban J connectivity index is 3.22. The zero-order valence-electron chi connectivity index (χ0n) is 21.6. The van der Waals surface area contributed by atoms with Gasteiger partial charge in [-0.3, -0.25) is 14.4 Å². The molecule has 0 aliphatic carbocycles. The van der Waals surface area contributed by atoms with Crippen LogP contribution in [0.5, 0.6) is 0 Å². The first-order chi connectivity index (χ1) is 17.6. The number of carbonyl (C=O) groups excluding carboxylic acids is 3. The second-order valence-corrected chi connectivity index (χ2v) is 7.47. The van der Waals surface area contributed by atoms with Gasteiger partial charge in [-0.25, -0.2) is 0 Å². The number of hydrogen-bond acceptors (Lipinski definition) is 10. The van der Waals surface area contributed by atoms with E-state index in [1.807, 2.05) is 0 Å². The predicted molar refractivity (Wildman–Crippen MR) is 131 cm³/mol. The highest BCUT2D eigenvalue weighted by molar-refractivity contribution is 5.79. The molecule has 0 fully saturated rings. The Labute approximate surface area is 213 Å². The van der Waals surface area contributed by atoms with Gasteiger partial charge in [0.1, 0.15) is 19.8 Å². The number of rotatable bonds is 27. The summed E-state index contributed by atoms with van der Waals surface area (Å²) in [5.41, 5.74) is 0. The molecule has 13 heteroatoms. The number of ether oxygens (including phenoxy) is 6. The van der Waals surface area contributed by atoms with E-state index in [1.165, 1.54) is 0 Å². The van der Waals surface area contributed by atoms with Crippen LogP contribution in [0.1, 0.15) is 26.2 Å². The number of hydrogen-bond donors (Lipinski definition) is 4. The Morgan fingerprint density at radius 1 is 0.528 bits per heavy atom. The maximum absolute atomic E-state index is 11.6. The van der Waals surface area contributed by atoms with Crippen molar-refractivity contribution < 1.29 is 47.9 Å². The monoisotopic (exact) mass is 523 g/mol. The van der Waals surface area contributed by atoms with E-state index in [9.17, 15) is 14.4 Å². The number of amides is 3. The lowest BCUT2D eigenvalue weighted by atomic mass is 10.2. The summed E-state index contributed by atoms with van der Waals surface area (Å²) in [5.74, 6) is -0.946. The van der Waals surface area contributed by atoms with Crippen molar-refractivity contribution in [1.82, 2.24) is 16.0 Å². The molecule has 0 unspecified atom stereocenters. The maximum atomic E-state index is 11.6. The van der Waals surface area contributed by atoms with Crippen LogP contribution in [0.2, 0.25) is 0 Å². The lowest BCUT2D eigenvalue weighted by Crippen LogP contribution is -2.33. The summed E-state index contributed by atoms with van der Waals surface area (Å²) in [4.78, 5) is 33.9. The minimum atomic E-state index is -0.524. The van der Waals surface area contributed by atoms with Gasteiger partial charge in [-0.15, -0.1) is 0 Å². The zero-order chi connectivity index (χ0) is 26.5. The molecule has 13 nitrogen and oxygen atoms in total. The molecular formula is C23H45N3O10. The molecule has 0 bridgehead atoms. The molecule has 212 valence electrons. The molecule has 0 saturated heterocycles. The van der Waals surface area contributed by atoms with Gasteiger partial charge < -0.3 is 49.5 Å². The first kappa shape index (κ1) is 34.1. The predicted octanol–water partition coefficient (Wildman–Crippen LogP) is -1.38. The molecule has 0 rings (SSSR count). The van der Waals surface area contributed by atoms with Crippen LogP contribution in [-0.4, -0.2) is 128 Å². The molecule has 0 aromatic carbocycles. The van der Waals surface area contributed by atoms with Crippen LogP contribution >= 0.6 is 0 Å². The van der Waals surface area contributed by atoms with Crippen molar-refractivity contribution in [1.29, 1.82) is 0 Å². The van der Waals surface area contributed by atoms with Crippen molar-refractivity contribution in [3.05, 3.63) is 0 Å². The van der Waals surface area contributed by atoms with Crippen molar-refractivity contribution >= 4 is 17.7 Å². The second kappa shape index (κ2) is 27.7. The number of aliphatic hydroxyl groups excluding tert-OH is 1. The summed E-state index contributed by atoms with van der Waals surface area (Å²) in [6.45, 7) is 6.72. The summed E-state index contributed by atoms with van der Waals surface area (Å²) in [6.07, 6.45) is 3.10. The SMILES string of the molecule is CCCCCNC(=O)COCC(=O)NCCOCCOCCOCCOCCOCCNC(=O)CO. The topological polar surface area (TPSA) is 163 Å². The third-order valence-corrected chi connectivity index (χ3v) is 4.34. The van der Waals surface area contributed by atoms with Gasteiger partial charge in [0.15, 0.2) is 0 Å². The normalized spacial score (nSPS) is 10.8. The van der Waals surface area contributed by atoms with Gasteiger partial charge in [-0.1, -0.05) is 19.8 Å². The van der Waals surface area contributed by atoms with Crippen LogP contribution in [-0.2, 0) is 42.8 Å². The molecule has 0 radical (unpaired) electrons. The van der Waals surface area contributed by atoms with E-state index in [-0.39, 0.29) is 25.0 Å². The minimum absolute atomic E-state index is 0.130. The van der Waals surface area contributed by atoms with Crippen molar-refractivity contribution in [3.8, 4) is 0 Å². The summed E-state index contributed by atoms with van der Waals surface area (Å²) in [7, 11) is 0. The molecule has 0 heterocycles. The van der Waals surface area contributed by atoms with E-state index in [0.717, 1.165) is 19.3 Å². The van der Waals surface area contributed by atoms with Crippen molar-refractivity contribution in [2.24, 2.45) is 0 Å². The van der Waals surface area contributed by atoms with Gasteiger partial charge in [0.2, 0.25) is 17.7 Å². The van der Waals surface area contributed by atoms with Crippen LogP contribution in [0.4, 0.5) is 0 Å². The van der Waals surface area contributed by atoms with E-state index in [4.69, 9.17) is 33.5 Å². The fourth-order valence-electron chi connectivity index (χ4n) is 2.50. The lowest BCUT2D eigenvalue weighted by Gasteiger charge is -2.09. The van der Waals surface area contributed by atoms with Crippen LogP contribution in [0, 0.1) is 0 Å². The van der Waals surface area contributed by atoms with Crippen LogP contribution in [0.25, 0.3) is 0 Å².